The van der Waals surface area contributed by atoms with E-state index in [0.717, 1.165) is 6.07 Å². The fourth-order valence-corrected chi connectivity index (χ4v) is 3.46. The summed E-state index contributed by atoms with van der Waals surface area (Å²) in [5.74, 6) is -3.89. The normalized spacial score (nSPS) is 12.1. The van der Waals surface area contributed by atoms with Gasteiger partial charge in [-0.05, 0) is 25.3 Å². The van der Waals surface area contributed by atoms with Crippen molar-refractivity contribution in [3.05, 3.63) is 46.8 Å². The van der Waals surface area contributed by atoms with Gasteiger partial charge in [-0.25, -0.2) is 18.6 Å². The molecule has 0 saturated carbocycles. The molecule has 2 N–H and O–H groups in total. The van der Waals surface area contributed by atoms with Crippen molar-refractivity contribution in [2.24, 2.45) is 11.8 Å². The average Bonchev–Trinajstić information content (AvgIpc) is 3.09. The number of carbonyl (C=O) groups excluding carboxylic acids is 1. The number of carbonyl (C=O) groups is 2. The number of aromatic carboxylic acids is 1. The SMILES string of the molecule is CCOc1ncc(CNC(=O)C(CS)CC(C)C)n1Cc1ccc(C(=O)O)c(F)c1F. The molecule has 0 spiro atoms. The van der Waals surface area contributed by atoms with Crippen LogP contribution in [-0.4, -0.2) is 38.9 Å². The Morgan fingerprint density at radius 2 is 2.00 bits per heavy atom. The number of nitrogens with one attached hydrogen (secondary N) is 1. The average molecular weight is 456 g/mol. The Bertz CT molecular complexity index is 934. The lowest BCUT2D eigenvalue weighted by molar-refractivity contribution is -0.124. The van der Waals surface area contributed by atoms with E-state index in [0.29, 0.717) is 30.4 Å². The number of benzene rings is 1. The predicted molar refractivity (Wildman–Crippen MR) is 114 cm³/mol. The maximum atomic E-state index is 14.5. The van der Waals surface area contributed by atoms with Crippen LogP contribution in [0.15, 0.2) is 18.3 Å². The fraction of sp³-hybridized carbons (Fsp3) is 0.476. The number of halogens is 2. The molecule has 2 rings (SSSR count). The number of nitrogens with zero attached hydrogens (tertiary/aromatic N) is 2. The number of hydrogen-bond acceptors (Lipinski definition) is 5. The number of imidazole rings is 1. The summed E-state index contributed by atoms with van der Waals surface area (Å²) < 4.78 is 35.5. The molecule has 2 aromatic rings. The number of thiol groups is 1. The van der Waals surface area contributed by atoms with Crippen molar-refractivity contribution in [2.45, 2.75) is 40.3 Å². The Balaban J connectivity index is 2.26. The Kier molecular flexibility index (Phi) is 8.85. The minimum Gasteiger partial charge on any atom is -0.478 e. The van der Waals surface area contributed by atoms with Gasteiger partial charge in [0.05, 0.1) is 37.2 Å². The van der Waals surface area contributed by atoms with E-state index in [9.17, 15) is 18.4 Å². The summed E-state index contributed by atoms with van der Waals surface area (Å²) in [5.41, 5.74) is -0.282. The monoisotopic (exact) mass is 455 g/mol. The van der Waals surface area contributed by atoms with Crippen molar-refractivity contribution in [3.8, 4) is 6.01 Å². The lowest BCUT2D eigenvalue weighted by Crippen LogP contribution is -2.32. The zero-order chi connectivity index (χ0) is 23.1. The first-order chi connectivity index (χ1) is 14.7. The molecule has 1 unspecified atom stereocenters. The first-order valence-corrected chi connectivity index (χ1v) is 10.6. The molecule has 1 aromatic heterocycles. The highest BCUT2D eigenvalue weighted by atomic mass is 32.1. The molecule has 1 amide bonds. The summed E-state index contributed by atoms with van der Waals surface area (Å²) in [6, 6.07) is 2.40. The number of carboxylic acid groups (broad SMARTS) is 1. The zero-order valence-corrected chi connectivity index (χ0v) is 18.6. The van der Waals surface area contributed by atoms with Gasteiger partial charge in [0.15, 0.2) is 11.6 Å². The third-order valence-corrected chi connectivity index (χ3v) is 5.13. The maximum Gasteiger partial charge on any atom is 0.338 e. The second-order valence-corrected chi connectivity index (χ2v) is 7.85. The van der Waals surface area contributed by atoms with Crippen molar-refractivity contribution in [1.82, 2.24) is 14.9 Å². The van der Waals surface area contributed by atoms with Crippen molar-refractivity contribution < 1.29 is 28.2 Å². The molecule has 170 valence electrons. The quantitative estimate of drug-likeness (QED) is 0.451. The van der Waals surface area contributed by atoms with Gasteiger partial charge in [0.2, 0.25) is 5.91 Å². The van der Waals surface area contributed by atoms with Crippen LogP contribution in [0.3, 0.4) is 0 Å². The smallest absolute Gasteiger partial charge is 0.338 e. The van der Waals surface area contributed by atoms with E-state index >= 15 is 0 Å². The van der Waals surface area contributed by atoms with E-state index in [1.807, 2.05) is 13.8 Å². The van der Waals surface area contributed by atoms with E-state index in [4.69, 9.17) is 9.84 Å². The number of aromatic nitrogens is 2. The van der Waals surface area contributed by atoms with Gasteiger partial charge in [-0.1, -0.05) is 19.9 Å². The molecule has 0 bridgehead atoms. The second-order valence-electron chi connectivity index (χ2n) is 7.48. The molecule has 0 aliphatic heterocycles. The summed E-state index contributed by atoms with van der Waals surface area (Å²) in [7, 11) is 0. The minimum absolute atomic E-state index is 0.0675. The van der Waals surface area contributed by atoms with Gasteiger partial charge in [-0.15, -0.1) is 0 Å². The van der Waals surface area contributed by atoms with Crippen LogP contribution in [0, 0.1) is 23.5 Å². The summed E-state index contributed by atoms with van der Waals surface area (Å²) in [5, 5.41) is 11.8. The van der Waals surface area contributed by atoms with E-state index in [-0.39, 0.29) is 36.5 Å². The maximum absolute atomic E-state index is 14.5. The number of carboxylic acids is 1. The molecule has 1 atom stereocenters. The molecule has 7 nitrogen and oxygen atoms in total. The first kappa shape index (κ1) is 24.6. The molecular formula is C21H27F2N3O4S. The Morgan fingerprint density at radius 3 is 2.58 bits per heavy atom. The Hall–Kier alpha value is -2.62. The Morgan fingerprint density at radius 1 is 1.29 bits per heavy atom. The van der Waals surface area contributed by atoms with Gasteiger partial charge in [-0.3, -0.25) is 9.36 Å². The third kappa shape index (κ3) is 6.19. The van der Waals surface area contributed by atoms with Crippen LogP contribution in [0.2, 0.25) is 0 Å². The summed E-state index contributed by atoms with van der Waals surface area (Å²) >= 11 is 4.25. The highest BCUT2D eigenvalue weighted by Gasteiger charge is 2.22. The zero-order valence-electron chi connectivity index (χ0n) is 17.7. The van der Waals surface area contributed by atoms with Crippen LogP contribution in [0.4, 0.5) is 8.78 Å². The van der Waals surface area contributed by atoms with Gasteiger partial charge in [0, 0.05) is 17.2 Å². The summed E-state index contributed by atoms with van der Waals surface area (Å²) in [6.07, 6.45) is 2.18. The van der Waals surface area contributed by atoms with Gasteiger partial charge in [0.1, 0.15) is 0 Å². The lowest BCUT2D eigenvalue weighted by atomic mass is 9.98. The van der Waals surface area contributed by atoms with Crippen LogP contribution < -0.4 is 10.1 Å². The number of amides is 1. The minimum atomic E-state index is -1.55. The molecule has 31 heavy (non-hydrogen) atoms. The van der Waals surface area contributed by atoms with Crippen molar-refractivity contribution in [2.75, 3.05) is 12.4 Å². The molecule has 0 fully saturated rings. The van der Waals surface area contributed by atoms with Crippen LogP contribution in [0.1, 0.15) is 48.8 Å². The molecule has 0 radical (unpaired) electrons. The predicted octanol–water partition coefficient (Wildman–Crippen LogP) is 3.51. The van der Waals surface area contributed by atoms with Crippen LogP contribution in [0.5, 0.6) is 6.01 Å². The third-order valence-electron chi connectivity index (χ3n) is 4.69. The largest absolute Gasteiger partial charge is 0.478 e. The van der Waals surface area contributed by atoms with Crippen molar-refractivity contribution in [3.63, 3.8) is 0 Å². The summed E-state index contributed by atoms with van der Waals surface area (Å²) in [4.78, 5) is 27.7. The van der Waals surface area contributed by atoms with Gasteiger partial charge < -0.3 is 15.2 Å². The number of rotatable bonds is 11. The molecule has 0 aliphatic rings. The van der Waals surface area contributed by atoms with Crippen molar-refractivity contribution >= 4 is 24.5 Å². The fourth-order valence-electron chi connectivity index (χ4n) is 3.15. The van der Waals surface area contributed by atoms with Gasteiger partial charge in [0.25, 0.3) is 6.01 Å². The topological polar surface area (TPSA) is 93.5 Å². The lowest BCUT2D eigenvalue weighted by Gasteiger charge is -2.17. The highest BCUT2D eigenvalue weighted by Crippen LogP contribution is 2.22. The highest BCUT2D eigenvalue weighted by molar-refractivity contribution is 7.80. The molecule has 1 heterocycles. The molecule has 0 aliphatic carbocycles. The van der Waals surface area contributed by atoms with Crippen LogP contribution in [0.25, 0.3) is 0 Å². The van der Waals surface area contributed by atoms with Gasteiger partial charge in [-0.2, -0.15) is 12.6 Å². The van der Waals surface area contributed by atoms with Gasteiger partial charge >= 0.3 is 5.97 Å². The van der Waals surface area contributed by atoms with Crippen LogP contribution in [-0.2, 0) is 17.9 Å². The number of ether oxygens (including phenoxy) is 1. The number of hydrogen-bond donors (Lipinski definition) is 3. The molecule has 0 saturated heterocycles. The van der Waals surface area contributed by atoms with E-state index in [1.165, 1.54) is 16.8 Å². The summed E-state index contributed by atoms with van der Waals surface area (Å²) in [6.45, 7) is 6.07. The second kappa shape index (κ2) is 11.1. The van der Waals surface area contributed by atoms with E-state index in [1.54, 1.807) is 6.92 Å². The van der Waals surface area contributed by atoms with Crippen molar-refractivity contribution in [1.29, 1.82) is 0 Å². The molecule has 1 aromatic carbocycles. The first-order valence-electron chi connectivity index (χ1n) is 9.95. The van der Waals surface area contributed by atoms with E-state index in [2.05, 4.69) is 22.9 Å². The molecule has 10 heteroatoms. The van der Waals surface area contributed by atoms with E-state index < -0.39 is 23.2 Å². The standard InChI is InChI=1S/C21H27F2N3O4S/c1-4-30-21-25-9-15(8-24-19(27)14(11-31)7-12(2)3)26(21)10-13-5-6-16(20(28)29)18(23)17(13)22/h5-6,9,12,14,31H,4,7-8,10-11H2,1-3H3,(H,24,27)(H,28,29). The Labute approximate surface area is 185 Å². The van der Waals surface area contributed by atoms with Crippen LogP contribution >= 0.6 is 12.6 Å². The molecular weight excluding hydrogens is 428 g/mol.